The number of ether oxygens (including phenoxy) is 3. The van der Waals surface area contributed by atoms with Gasteiger partial charge in [0.2, 0.25) is 0 Å². The molecular weight excluding hydrogens is 394 g/mol. The van der Waals surface area contributed by atoms with Crippen molar-refractivity contribution in [2.75, 3.05) is 25.6 Å². The Morgan fingerprint density at radius 1 is 1.14 bits per heavy atom. The van der Waals surface area contributed by atoms with Gasteiger partial charge in [-0.1, -0.05) is 24.3 Å². The zero-order chi connectivity index (χ0) is 20.6. The number of fused-ring (bicyclic) bond motifs is 1. The molecule has 0 fully saturated rings. The normalized spacial score (nSPS) is 11.7. The highest BCUT2D eigenvalue weighted by molar-refractivity contribution is 7.58. The van der Waals surface area contributed by atoms with Gasteiger partial charge in [0.1, 0.15) is 11.4 Å². The smallest absolute Gasteiger partial charge is 0.344 e. The summed E-state index contributed by atoms with van der Waals surface area (Å²) in [7, 11) is 1.52. The topological polar surface area (TPSA) is 98.6 Å². The molecular formula is C20H19N3O5S. The van der Waals surface area contributed by atoms with Gasteiger partial charge in [-0.2, -0.15) is 8.73 Å². The first-order chi connectivity index (χ1) is 14.1. The average molecular weight is 413 g/mol. The summed E-state index contributed by atoms with van der Waals surface area (Å²) < 4.78 is 23.9. The number of carbonyl (C=O) groups excluding carboxylic acids is 2. The quantitative estimate of drug-likeness (QED) is 0.563. The molecule has 0 aromatic heterocycles. The maximum absolute atomic E-state index is 12.1. The molecule has 0 saturated carbocycles. The van der Waals surface area contributed by atoms with Crippen LogP contribution >= 0.6 is 0 Å². The highest BCUT2D eigenvalue weighted by Gasteiger charge is 2.15. The first-order valence-corrected chi connectivity index (χ1v) is 9.44. The minimum Gasteiger partial charge on any atom is -0.493 e. The van der Waals surface area contributed by atoms with Crippen molar-refractivity contribution in [3.8, 4) is 11.5 Å². The number of amides is 1. The van der Waals surface area contributed by atoms with Gasteiger partial charge in [0, 0.05) is 0 Å². The van der Waals surface area contributed by atoms with Crippen molar-refractivity contribution in [2.24, 2.45) is 8.73 Å². The molecule has 1 aliphatic rings. The number of allylic oxidation sites excluding steroid dienone is 1. The lowest BCUT2D eigenvalue weighted by atomic mass is 10.2. The van der Waals surface area contributed by atoms with Gasteiger partial charge in [-0.3, -0.25) is 4.79 Å². The van der Waals surface area contributed by atoms with E-state index in [1.54, 1.807) is 30.3 Å². The van der Waals surface area contributed by atoms with Crippen molar-refractivity contribution in [1.82, 2.24) is 0 Å². The summed E-state index contributed by atoms with van der Waals surface area (Å²) in [5, 5.41) is 2.66. The number of hydrogen-bond acceptors (Lipinski definition) is 7. The van der Waals surface area contributed by atoms with E-state index in [2.05, 4.69) is 14.0 Å². The van der Waals surface area contributed by atoms with Gasteiger partial charge in [-0.05, 0) is 36.8 Å². The van der Waals surface area contributed by atoms with E-state index < -0.39 is 18.5 Å². The molecule has 2 aromatic carbocycles. The number of hydrogen-bond donors (Lipinski definition) is 1. The second kappa shape index (κ2) is 9.65. The molecule has 1 amide bonds. The molecule has 0 saturated heterocycles. The molecule has 8 nitrogen and oxygen atoms in total. The van der Waals surface area contributed by atoms with Crippen LogP contribution in [0.25, 0.3) is 6.08 Å². The predicted molar refractivity (Wildman–Crippen MR) is 111 cm³/mol. The number of rotatable bonds is 8. The molecule has 0 unspecified atom stereocenters. The van der Waals surface area contributed by atoms with Crippen LogP contribution in [-0.4, -0.2) is 32.2 Å². The molecule has 2 aromatic rings. The third-order valence-electron chi connectivity index (χ3n) is 3.82. The van der Waals surface area contributed by atoms with Crippen molar-refractivity contribution >= 4 is 46.4 Å². The van der Waals surface area contributed by atoms with Crippen LogP contribution in [0.15, 0.2) is 51.2 Å². The lowest BCUT2D eigenvalue weighted by Gasteiger charge is -2.11. The van der Waals surface area contributed by atoms with E-state index in [9.17, 15) is 9.59 Å². The molecule has 0 bridgehead atoms. The van der Waals surface area contributed by atoms with Crippen molar-refractivity contribution in [3.63, 3.8) is 0 Å². The Labute approximate surface area is 171 Å². The van der Waals surface area contributed by atoms with Gasteiger partial charge in [0.05, 0.1) is 24.2 Å². The first kappa shape index (κ1) is 20.3. The molecule has 0 radical (unpaired) electrons. The number of anilines is 1. The number of benzene rings is 2. The fraction of sp³-hybridized carbons (Fsp3) is 0.200. The standard InChI is InChI=1S/C20H19N3O5S/c1-3-5-13-8-9-16(17(10-13)26-2)27-12-19(25)28-11-18(24)21-14-6-4-7-15-20(14)23-29-22-15/h3-10H,11-12H2,1-2H3,(H,21,24)/b5-3+. The van der Waals surface area contributed by atoms with E-state index in [-0.39, 0.29) is 6.61 Å². The minimum atomic E-state index is -0.673. The summed E-state index contributed by atoms with van der Waals surface area (Å²) in [5.41, 5.74) is 2.74. The average Bonchev–Trinajstić information content (AvgIpc) is 3.21. The molecule has 1 N–H and O–H groups in total. The van der Waals surface area contributed by atoms with Gasteiger partial charge >= 0.3 is 5.97 Å². The molecule has 9 heteroatoms. The summed E-state index contributed by atoms with van der Waals surface area (Å²) in [6.45, 7) is 1.13. The summed E-state index contributed by atoms with van der Waals surface area (Å²) in [6.07, 6.45) is 3.82. The Kier molecular flexibility index (Phi) is 6.75. The van der Waals surface area contributed by atoms with E-state index in [0.717, 1.165) is 16.9 Å². The second-order valence-corrected chi connectivity index (χ2v) is 6.37. The number of carbonyl (C=O) groups is 2. The van der Waals surface area contributed by atoms with Crippen molar-refractivity contribution in [3.05, 3.63) is 48.0 Å². The van der Waals surface area contributed by atoms with Gasteiger partial charge in [-0.15, -0.1) is 0 Å². The summed E-state index contributed by atoms with van der Waals surface area (Å²) in [5.74, 6) is -0.249. The summed E-state index contributed by atoms with van der Waals surface area (Å²) in [4.78, 5) is 24.0. The summed E-state index contributed by atoms with van der Waals surface area (Å²) in [6, 6.07) is 10.6. The van der Waals surface area contributed by atoms with Crippen molar-refractivity contribution < 1.29 is 23.8 Å². The van der Waals surface area contributed by atoms with Crippen LogP contribution in [0.2, 0.25) is 0 Å². The third kappa shape index (κ3) is 5.29. The maximum Gasteiger partial charge on any atom is 0.344 e. The van der Waals surface area contributed by atoms with Crippen LogP contribution in [-0.2, 0) is 25.7 Å². The Hall–Kier alpha value is -3.46. The highest BCUT2D eigenvalue weighted by Crippen LogP contribution is 2.38. The monoisotopic (exact) mass is 413 g/mol. The Bertz CT molecular complexity index is 1030. The molecule has 0 spiro atoms. The molecule has 1 heterocycles. The van der Waals surface area contributed by atoms with E-state index in [1.807, 2.05) is 25.1 Å². The van der Waals surface area contributed by atoms with Gasteiger partial charge in [0.25, 0.3) is 5.91 Å². The van der Waals surface area contributed by atoms with Crippen LogP contribution in [0, 0.1) is 0 Å². The van der Waals surface area contributed by atoms with Crippen molar-refractivity contribution in [1.29, 1.82) is 0 Å². The first-order valence-electron chi connectivity index (χ1n) is 8.71. The Morgan fingerprint density at radius 2 is 2.00 bits per heavy atom. The molecule has 150 valence electrons. The zero-order valence-corrected chi connectivity index (χ0v) is 16.7. The molecule has 29 heavy (non-hydrogen) atoms. The zero-order valence-electron chi connectivity index (χ0n) is 15.9. The van der Waals surface area contributed by atoms with E-state index in [4.69, 9.17) is 14.2 Å². The number of nitrogens with one attached hydrogen (secondary N) is 1. The van der Waals surface area contributed by atoms with Gasteiger partial charge < -0.3 is 19.5 Å². The highest BCUT2D eigenvalue weighted by atomic mass is 32.1. The molecule has 0 atom stereocenters. The molecule has 1 aliphatic heterocycles. The van der Waals surface area contributed by atoms with Gasteiger partial charge in [0.15, 0.2) is 24.7 Å². The number of esters is 1. The Morgan fingerprint density at radius 3 is 2.79 bits per heavy atom. The minimum absolute atomic E-state index is 0.349. The Balaban J connectivity index is 1.49. The van der Waals surface area contributed by atoms with Crippen molar-refractivity contribution in [2.45, 2.75) is 6.92 Å². The van der Waals surface area contributed by atoms with Crippen LogP contribution < -0.4 is 14.8 Å². The lowest BCUT2D eigenvalue weighted by Crippen LogP contribution is -2.23. The fourth-order valence-electron chi connectivity index (χ4n) is 2.52. The number of methoxy groups -OCH3 is 1. The van der Waals surface area contributed by atoms with Crippen LogP contribution in [0.4, 0.5) is 17.1 Å². The second-order valence-electron chi connectivity index (χ2n) is 5.85. The number of nitrogens with zero attached hydrogens (tertiary/aromatic N) is 2. The van der Waals surface area contributed by atoms with Crippen LogP contribution in [0.1, 0.15) is 12.5 Å². The largest absolute Gasteiger partial charge is 0.493 e. The van der Waals surface area contributed by atoms with Crippen LogP contribution in [0.5, 0.6) is 11.5 Å². The SMILES string of the molecule is C/C=C/c1ccc(OCC(=O)OCC(=O)Nc2cccc3c2N=S=N3)c(OC)c1. The predicted octanol–water partition coefficient (Wildman–Crippen LogP) is 4.02. The van der Waals surface area contributed by atoms with Crippen LogP contribution in [0.3, 0.4) is 0 Å². The maximum atomic E-state index is 12.1. The fourth-order valence-corrected chi connectivity index (χ4v) is 3.07. The van der Waals surface area contributed by atoms with E-state index >= 15 is 0 Å². The lowest BCUT2D eigenvalue weighted by molar-refractivity contribution is -0.149. The third-order valence-corrected chi connectivity index (χ3v) is 4.36. The molecule has 3 rings (SSSR count). The van der Waals surface area contributed by atoms with E-state index in [1.165, 1.54) is 7.11 Å². The summed E-state index contributed by atoms with van der Waals surface area (Å²) >= 11 is 1.06. The van der Waals surface area contributed by atoms with E-state index in [0.29, 0.717) is 28.6 Å². The molecule has 0 aliphatic carbocycles. The van der Waals surface area contributed by atoms with Gasteiger partial charge in [-0.25, -0.2) is 4.79 Å².